The number of hydrogen-bond acceptors (Lipinski definition) is 5. The van der Waals surface area contributed by atoms with Gasteiger partial charge in [0.15, 0.2) is 11.5 Å². The van der Waals surface area contributed by atoms with Gasteiger partial charge in [0, 0.05) is 11.8 Å². The zero-order valence-corrected chi connectivity index (χ0v) is 10.8. The molecule has 0 saturated carbocycles. The van der Waals surface area contributed by atoms with Crippen LogP contribution >= 0.6 is 0 Å². The van der Waals surface area contributed by atoms with Gasteiger partial charge in [-0.25, -0.2) is 9.97 Å². The minimum absolute atomic E-state index is 0.196. The molecule has 2 aromatic rings. The topological polar surface area (TPSA) is 68.0 Å². The second-order valence-electron chi connectivity index (χ2n) is 3.76. The molecule has 0 atom stereocenters. The van der Waals surface area contributed by atoms with E-state index in [9.17, 15) is 0 Å². The Morgan fingerprint density at radius 1 is 1.16 bits per heavy atom. The Morgan fingerprint density at radius 3 is 2.63 bits per heavy atom. The summed E-state index contributed by atoms with van der Waals surface area (Å²) in [4.78, 5) is 8.38. The summed E-state index contributed by atoms with van der Waals surface area (Å²) in [6, 6.07) is 9.38. The first-order valence-electron chi connectivity index (χ1n) is 5.69. The molecule has 0 unspecified atom stereocenters. The maximum Gasteiger partial charge on any atom is 0.161 e. The SMILES string of the molecule is COc1ccc(-c2ccnc(CC#N)n2)cc1OC. The summed E-state index contributed by atoms with van der Waals surface area (Å²) in [7, 11) is 3.18. The number of ether oxygens (including phenoxy) is 2. The summed E-state index contributed by atoms with van der Waals surface area (Å²) in [5, 5.41) is 8.67. The quantitative estimate of drug-likeness (QED) is 0.838. The molecule has 2 rings (SSSR count). The van der Waals surface area contributed by atoms with Crippen LogP contribution < -0.4 is 9.47 Å². The molecule has 0 N–H and O–H groups in total. The first-order valence-corrected chi connectivity index (χ1v) is 5.69. The lowest BCUT2D eigenvalue weighted by atomic mass is 10.1. The lowest BCUT2D eigenvalue weighted by molar-refractivity contribution is 0.355. The Kier molecular flexibility index (Phi) is 3.94. The summed E-state index contributed by atoms with van der Waals surface area (Å²) in [5.74, 6) is 1.81. The van der Waals surface area contributed by atoms with E-state index in [0.29, 0.717) is 17.3 Å². The highest BCUT2D eigenvalue weighted by Gasteiger charge is 2.07. The van der Waals surface area contributed by atoms with Crippen molar-refractivity contribution in [2.24, 2.45) is 0 Å². The van der Waals surface area contributed by atoms with Gasteiger partial charge in [-0.1, -0.05) is 0 Å². The molecule has 0 bridgehead atoms. The largest absolute Gasteiger partial charge is 0.493 e. The Balaban J connectivity index is 2.41. The van der Waals surface area contributed by atoms with Gasteiger partial charge in [0.2, 0.25) is 0 Å². The number of benzene rings is 1. The number of nitrogens with zero attached hydrogens (tertiary/aromatic N) is 3. The molecular formula is C14H13N3O2. The second kappa shape index (κ2) is 5.83. The number of rotatable bonds is 4. The van der Waals surface area contributed by atoms with Crippen molar-refractivity contribution in [3.63, 3.8) is 0 Å². The summed E-state index contributed by atoms with van der Waals surface area (Å²) >= 11 is 0. The van der Waals surface area contributed by atoms with Crippen LogP contribution in [0.5, 0.6) is 11.5 Å². The summed E-state index contributed by atoms with van der Waals surface area (Å²) in [5.41, 5.74) is 1.64. The van der Waals surface area contributed by atoms with E-state index < -0.39 is 0 Å². The highest BCUT2D eigenvalue weighted by Crippen LogP contribution is 2.31. The van der Waals surface area contributed by atoms with E-state index in [4.69, 9.17) is 14.7 Å². The number of methoxy groups -OCH3 is 2. The van der Waals surface area contributed by atoms with E-state index in [-0.39, 0.29) is 6.42 Å². The third kappa shape index (κ3) is 2.80. The number of hydrogen-bond donors (Lipinski definition) is 0. The van der Waals surface area contributed by atoms with E-state index >= 15 is 0 Å². The van der Waals surface area contributed by atoms with Crippen LogP contribution in [-0.2, 0) is 6.42 Å². The summed E-state index contributed by atoms with van der Waals surface area (Å²) in [6.45, 7) is 0. The van der Waals surface area contributed by atoms with Gasteiger partial charge in [0.25, 0.3) is 0 Å². The van der Waals surface area contributed by atoms with Crippen LogP contribution in [0.15, 0.2) is 30.5 Å². The minimum Gasteiger partial charge on any atom is -0.493 e. The summed E-state index contributed by atoms with van der Waals surface area (Å²) in [6.07, 6.45) is 1.84. The molecule has 0 amide bonds. The van der Waals surface area contributed by atoms with E-state index in [0.717, 1.165) is 11.3 Å². The van der Waals surface area contributed by atoms with E-state index in [2.05, 4.69) is 9.97 Å². The maximum absolute atomic E-state index is 8.67. The predicted octanol–water partition coefficient (Wildman–Crippen LogP) is 2.23. The first kappa shape index (κ1) is 12.8. The monoisotopic (exact) mass is 255 g/mol. The van der Waals surface area contributed by atoms with Gasteiger partial charge < -0.3 is 9.47 Å². The van der Waals surface area contributed by atoms with Crippen molar-refractivity contribution in [3.8, 4) is 28.8 Å². The fourth-order valence-corrected chi connectivity index (χ4v) is 1.71. The average Bonchev–Trinajstić information content (AvgIpc) is 2.47. The molecule has 5 heteroatoms. The molecule has 0 aliphatic heterocycles. The van der Waals surface area contributed by atoms with Crippen molar-refractivity contribution in [1.82, 2.24) is 9.97 Å². The Bertz CT molecular complexity index is 620. The van der Waals surface area contributed by atoms with Crippen molar-refractivity contribution in [1.29, 1.82) is 5.26 Å². The molecule has 96 valence electrons. The van der Waals surface area contributed by atoms with Gasteiger partial charge in [0.1, 0.15) is 5.82 Å². The van der Waals surface area contributed by atoms with E-state index in [1.807, 2.05) is 24.3 Å². The van der Waals surface area contributed by atoms with Crippen LogP contribution in [0.3, 0.4) is 0 Å². The molecular weight excluding hydrogens is 242 g/mol. The summed E-state index contributed by atoms with van der Waals surface area (Å²) < 4.78 is 10.4. The highest BCUT2D eigenvalue weighted by molar-refractivity contribution is 5.63. The van der Waals surface area contributed by atoms with Crippen LogP contribution in [0.25, 0.3) is 11.3 Å². The van der Waals surface area contributed by atoms with Crippen LogP contribution in [-0.4, -0.2) is 24.2 Å². The normalized spacial score (nSPS) is 9.74. The lowest BCUT2D eigenvalue weighted by Gasteiger charge is -2.09. The molecule has 0 fully saturated rings. The molecule has 19 heavy (non-hydrogen) atoms. The highest BCUT2D eigenvalue weighted by atomic mass is 16.5. The number of nitriles is 1. The fourth-order valence-electron chi connectivity index (χ4n) is 1.71. The zero-order valence-electron chi connectivity index (χ0n) is 10.8. The zero-order chi connectivity index (χ0) is 13.7. The van der Waals surface area contributed by atoms with Gasteiger partial charge in [-0.3, -0.25) is 0 Å². The smallest absolute Gasteiger partial charge is 0.161 e. The van der Waals surface area contributed by atoms with Crippen LogP contribution in [0.4, 0.5) is 0 Å². The average molecular weight is 255 g/mol. The van der Waals surface area contributed by atoms with Gasteiger partial charge in [-0.05, 0) is 24.3 Å². The van der Waals surface area contributed by atoms with Gasteiger partial charge in [0.05, 0.1) is 32.4 Å². The van der Waals surface area contributed by atoms with Crippen molar-refractivity contribution in [2.75, 3.05) is 14.2 Å². The van der Waals surface area contributed by atoms with Crippen molar-refractivity contribution in [3.05, 3.63) is 36.3 Å². The molecule has 0 spiro atoms. The third-order valence-electron chi connectivity index (χ3n) is 2.62. The van der Waals surface area contributed by atoms with E-state index in [1.54, 1.807) is 26.5 Å². The molecule has 0 aliphatic rings. The molecule has 0 aliphatic carbocycles. The van der Waals surface area contributed by atoms with Crippen molar-refractivity contribution < 1.29 is 9.47 Å². The van der Waals surface area contributed by atoms with Crippen molar-refractivity contribution in [2.45, 2.75) is 6.42 Å². The van der Waals surface area contributed by atoms with Gasteiger partial charge in [-0.2, -0.15) is 5.26 Å². The molecule has 0 saturated heterocycles. The molecule has 5 nitrogen and oxygen atoms in total. The fraction of sp³-hybridized carbons (Fsp3) is 0.214. The van der Waals surface area contributed by atoms with Crippen LogP contribution in [0, 0.1) is 11.3 Å². The Morgan fingerprint density at radius 2 is 1.95 bits per heavy atom. The van der Waals surface area contributed by atoms with Crippen LogP contribution in [0.2, 0.25) is 0 Å². The molecule has 1 heterocycles. The third-order valence-corrected chi connectivity index (χ3v) is 2.62. The van der Waals surface area contributed by atoms with Crippen molar-refractivity contribution >= 4 is 0 Å². The standard InChI is InChI=1S/C14H13N3O2/c1-18-12-4-3-10(9-13(12)19-2)11-6-8-16-14(17-11)5-7-15/h3-4,6,8-9H,5H2,1-2H3. The Labute approximate surface area is 111 Å². The first-order chi connectivity index (χ1) is 9.28. The predicted molar refractivity (Wildman–Crippen MR) is 69.9 cm³/mol. The minimum atomic E-state index is 0.196. The molecule has 1 aromatic carbocycles. The van der Waals surface area contributed by atoms with Gasteiger partial charge >= 0.3 is 0 Å². The van der Waals surface area contributed by atoms with Gasteiger partial charge in [-0.15, -0.1) is 0 Å². The molecule has 0 radical (unpaired) electrons. The van der Waals surface area contributed by atoms with E-state index in [1.165, 1.54) is 0 Å². The second-order valence-corrected chi connectivity index (χ2v) is 3.76. The number of aromatic nitrogens is 2. The van der Waals surface area contributed by atoms with Crippen LogP contribution in [0.1, 0.15) is 5.82 Å². The lowest BCUT2D eigenvalue weighted by Crippen LogP contribution is -1.96. The maximum atomic E-state index is 8.67. The molecule has 1 aromatic heterocycles. The Hall–Kier alpha value is -2.61.